The van der Waals surface area contributed by atoms with Crippen LogP contribution in [0.5, 0.6) is 0 Å². The van der Waals surface area contributed by atoms with Crippen LogP contribution in [0.1, 0.15) is 0 Å². The molecule has 0 aliphatic heterocycles. The molecule has 2 heterocycles. The Kier molecular flexibility index (Phi) is 2.76. The zero-order valence-electron chi connectivity index (χ0n) is 10.2. The van der Waals surface area contributed by atoms with Gasteiger partial charge in [-0.15, -0.1) is 0 Å². The van der Waals surface area contributed by atoms with Crippen molar-refractivity contribution in [2.45, 2.75) is 0 Å². The van der Waals surface area contributed by atoms with Crippen LogP contribution < -0.4 is 5.73 Å². The third-order valence-corrected chi connectivity index (χ3v) is 3.14. The lowest BCUT2D eigenvalue weighted by Gasteiger charge is -2.03. The van der Waals surface area contributed by atoms with Gasteiger partial charge in [0, 0.05) is 23.8 Å². The topological polar surface area (TPSA) is 69.9 Å². The molecule has 1 aromatic carbocycles. The van der Waals surface area contributed by atoms with Crippen LogP contribution >= 0.6 is 11.6 Å². The van der Waals surface area contributed by atoms with Gasteiger partial charge >= 0.3 is 0 Å². The Labute approximate surface area is 114 Å². The van der Waals surface area contributed by atoms with E-state index in [9.17, 15) is 0 Å². The first kappa shape index (κ1) is 11.8. The van der Waals surface area contributed by atoms with Crippen molar-refractivity contribution >= 4 is 17.5 Å². The van der Waals surface area contributed by atoms with Crippen LogP contribution in [0.4, 0.5) is 5.88 Å². The van der Waals surface area contributed by atoms with Crippen molar-refractivity contribution in [1.82, 2.24) is 14.7 Å². The summed E-state index contributed by atoms with van der Waals surface area (Å²) in [6.07, 6.45) is 3.54. The zero-order chi connectivity index (χ0) is 13.4. The van der Waals surface area contributed by atoms with E-state index in [2.05, 4.69) is 10.1 Å². The maximum atomic E-state index is 6.20. The van der Waals surface area contributed by atoms with Gasteiger partial charge in [0.25, 0.3) is 0 Å². The van der Waals surface area contributed by atoms with Crippen LogP contribution in [0.3, 0.4) is 0 Å². The Morgan fingerprint density at radius 2 is 2.11 bits per heavy atom. The highest BCUT2D eigenvalue weighted by molar-refractivity contribution is 6.33. The number of nitrogen functional groups attached to an aromatic ring is 1. The van der Waals surface area contributed by atoms with E-state index < -0.39 is 0 Å². The van der Waals surface area contributed by atoms with Gasteiger partial charge in [-0.1, -0.05) is 35.0 Å². The maximum absolute atomic E-state index is 6.20. The first-order valence-corrected chi connectivity index (χ1v) is 6.03. The summed E-state index contributed by atoms with van der Waals surface area (Å²) in [5.41, 5.74) is 8.60. The summed E-state index contributed by atoms with van der Waals surface area (Å²) in [6, 6.07) is 7.41. The molecule has 6 heteroatoms. The van der Waals surface area contributed by atoms with Crippen molar-refractivity contribution in [3.05, 3.63) is 41.8 Å². The molecule has 0 spiro atoms. The highest BCUT2D eigenvalue weighted by atomic mass is 35.5. The number of nitrogens with two attached hydrogens (primary N) is 1. The van der Waals surface area contributed by atoms with E-state index in [1.807, 2.05) is 36.0 Å². The molecule has 3 rings (SSSR count). The Bertz CT molecular complexity index is 732. The van der Waals surface area contributed by atoms with Crippen molar-refractivity contribution in [3.63, 3.8) is 0 Å². The summed E-state index contributed by atoms with van der Waals surface area (Å²) in [4.78, 5) is 4.26. The number of anilines is 1. The number of imidazole rings is 1. The molecule has 19 heavy (non-hydrogen) atoms. The first-order valence-electron chi connectivity index (χ1n) is 5.65. The fourth-order valence-corrected chi connectivity index (χ4v) is 2.17. The summed E-state index contributed by atoms with van der Waals surface area (Å²) >= 11 is 6.20. The fourth-order valence-electron chi connectivity index (χ4n) is 1.94. The van der Waals surface area contributed by atoms with Gasteiger partial charge in [0.1, 0.15) is 11.4 Å². The van der Waals surface area contributed by atoms with Crippen LogP contribution in [0.25, 0.3) is 22.5 Å². The molecule has 96 valence electrons. The normalized spacial score (nSPS) is 10.8. The summed E-state index contributed by atoms with van der Waals surface area (Å²) in [7, 11) is 1.88. The average molecular weight is 275 g/mol. The first-order chi connectivity index (χ1) is 9.16. The van der Waals surface area contributed by atoms with Gasteiger partial charge in [0.05, 0.1) is 11.9 Å². The lowest BCUT2D eigenvalue weighted by molar-refractivity contribution is 0.439. The number of hydrogen-bond acceptors (Lipinski definition) is 4. The van der Waals surface area contributed by atoms with Gasteiger partial charge in [-0.2, -0.15) is 0 Å². The number of aryl methyl sites for hydroxylation is 1. The molecule has 3 aromatic rings. The van der Waals surface area contributed by atoms with Crippen LogP contribution in [0, 0.1) is 0 Å². The molecule has 0 amide bonds. The van der Waals surface area contributed by atoms with Gasteiger partial charge in [-0.3, -0.25) is 0 Å². The lowest BCUT2D eigenvalue weighted by atomic mass is 10.0. The predicted molar refractivity (Wildman–Crippen MR) is 73.6 cm³/mol. The van der Waals surface area contributed by atoms with E-state index in [4.69, 9.17) is 21.9 Å². The largest absolute Gasteiger partial charge is 0.367 e. The minimum Gasteiger partial charge on any atom is -0.367 e. The van der Waals surface area contributed by atoms with E-state index >= 15 is 0 Å². The Morgan fingerprint density at radius 1 is 1.32 bits per heavy atom. The number of nitrogens with zero attached hydrogens (tertiary/aromatic N) is 3. The third kappa shape index (κ3) is 1.98. The summed E-state index contributed by atoms with van der Waals surface area (Å²) in [6.45, 7) is 0. The summed E-state index contributed by atoms with van der Waals surface area (Å²) < 4.78 is 6.92. The molecule has 0 aliphatic carbocycles. The standard InChI is InChI=1S/C13H11ClN4O/c1-18-6-10(16-7-18)12-11(13(15)19-17-12)8-4-2-3-5-9(8)14/h2-7H,15H2,1H3. The van der Waals surface area contributed by atoms with Crippen molar-refractivity contribution < 1.29 is 4.52 Å². The highest BCUT2D eigenvalue weighted by Crippen LogP contribution is 2.38. The number of benzene rings is 1. The van der Waals surface area contributed by atoms with Crippen molar-refractivity contribution in [2.24, 2.45) is 7.05 Å². The molecule has 0 fully saturated rings. The van der Waals surface area contributed by atoms with Gasteiger partial charge in [0.2, 0.25) is 5.88 Å². The number of hydrogen-bond donors (Lipinski definition) is 1. The number of halogens is 1. The van der Waals surface area contributed by atoms with E-state index in [1.165, 1.54) is 0 Å². The van der Waals surface area contributed by atoms with E-state index in [1.54, 1.807) is 12.4 Å². The molecular weight excluding hydrogens is 264 g/mol. The second-order valence-corrected chi connectivity index (χ2v) is 4.58. The minimum absolute atomic E-state index is 0.230. The number of rotatable bonds is 2. The van der Waals surface area contributed by atoms with Crippen molar-refractivity contribution in [2.75, 3.05) is 5.73 Å². The molecule has 2 aromatic heterocycles. The van der Waals surface area contributed by atoms with E-state index in [0.717, 1.165) is 5.56 Å². The summed E-state index contributed by atoms with van der Waals surface area (Å²) in [5.74, 6) is 0.230. The predicted octanol–water partition coefficient (Wildman–Crippen LogP) is 2.98. The lowest BCUT2D eigenvalue weighted by Crippen LogP contribution is -1.88. The molecule has 0 unspecified atom stereocenters. The van der Waals surface area contributed by atoms with Crippen LogP contribution in [0.2, 0.25) is 5.02 Å². The maximum Gasteiger partial charge on any atom is 0.230 e. The Hall–Kier alpha value is -2.27. The molecule has 0 radical (unpaired) electrons. The van der Waals surface area contributed by atoms with Crippen molar-refractivity contribution in [3.8, 4) is 22.5 Å². The van der Waals surface area contributed by atoms with Crippen LogP contribution in [-0.2, 0) is 7.05 Å². The molecule has 5 nitrogen and oxygen atoms in total. The second-order valence-electron chi connectivity index (χ2n) is 4.17. The quantitative estimate of drug-likeness (QED) is 0.780. The van der Waals surface area contributed by atoms with Gasteiger partial charge in [-0.05, 0) is 6.07 Å². The van der Waals surface area contributed by atoms with Gasteiger partial charge in [-0.25, -0.2) is 4.98 Å². The molecule has 0 bridgehead atoms. The van der Waals surface area contributed by atoms with Gasteiger partial charge in [0.15, 0.2) is 0 Å². The summed E-state index contributed by atoms with van der Waals surface area (Å²) in [5, 5.41) is 4.57. The zero-order valence-corrected chi connectivity index (χ0v) is 10.9. The average Bonchev–Trinajstić information content (AvgIpc) is 2.96. The fraction of sp³-hybridized carbons (Fsp3) is 0.0769. The highest BCUT2D eigenvalue weighted by Gasteiger charge is 2.20. The SMILES string of the molecule is Cn1cnc(-c2noc(N)c2-c2ccccc2Cl)c1. The van der Waals surface area contributed by atoms with E-state index in [0.29, 0.717) is 22.0 Å². The second kappa shape index (κ2) is 4.44. The minimum atomic E-state index is 0.230. The third-order valence-electron chi connectivity index (χ3n) is 2.81. The molecule has 0 aliphatic rings. The molecular formula is C13H11ClN4O. The Balaban J connectivity index is 2.22. The van der Waals surface area contributed by atoms with Crippen LogP contribution in [0.15, 0.2) is 41.3 Å². The smallest absolute Gasteiger partial charge is 0.230 e. The van der Waals surface area contributed by atoms with Crippen LogP contribution in [-0.4, -0.2) is 14.7 Å². The molecule has 0 saturated heterocycles. The number of aromatic nitrogens is 3. The van der Waals surface area contributed by atoms with Gasteiger partial charge < -0.3 is 14.8 Å². The van der Waals surface area contributed by atoms with Crippen molar-refractivity contribution in [1.29, 1.82) is 0 Å². The van der Waals surface area contributed by atoms with E-state index in [-0.39, 0.29) is 5.88 Å². The Morgan fingerprint density at radius 3 is 2.79 bits per heavy atom. The molecule has 0 atom stereocenters. The molecule has 0 saturated carbocycles. The molecule has 2 N–H and O–H groups in total. The monoisotopic (exact) mass is 274 g/mol.